The number of rotatable bonds is 4. The van der Waals surface area contributed by atoms with Crippen molar-refractivity contribution in [3.8, 4) is 0 Å². The van der Waals surface area contributed by atoms with Gasteiger partial charge in [-0.25, -0.2) is 0 Å². The van der Waals surface area contributed by atoms with Crippen molar-refractivity contribution < 1.29 is 0 Å². The van der Waals surface area contributed by atoms with Crippen LogP contribution in [0.2, 0.25) is 0 Å². The summed E-state index contributed by atoms with van der Waals surface area (Å²) < 4.78 is 0. The van der Waals surface area contributed by atoms with E-state index in [4.69, 9.17) is 11.1 Å². The highest BCUT2D eigenvalue weighted by molar-refractivity contribution is 5.94. The lowest BCUT2D eigenvalue weighted by atomic mass is 9.94. The van der Waals surface area contributed by atoms with Crippen LogP contribution in [0.1, 0.15) is 43.4 Å². The molecular formula is C14H22N4. The molecule has 1 aliphatic carbocycles. The first-order valence-electron chi connectivity index (χ1n) is 6.67. The van der Waals surface area contributed by atoms with Crippen molar-refractivity contribution in [1.29, 1.82) is 5.41 Å². The van der Waals surface area contributed by atoms with Crippen LogP contribution in [0.25, 0.3) is 0 Å². The highest BCUT2D eigenvalue weighted by Gasteiger charge is 2.19. The van der Waals surface area contributed by atoms with Gasteiger partial charge in [-0.2, -0.15) is 0 Å². The van der Waals surface area contributed by atoms with Gasteiger partial charge in [-0.05, 0) is 31.5 Å². The number of pyridine rings is 1. The van der Waals surface area contributed by atoms with E-state index in [0.717, 1.165) is 12.1 Å². The van der Waals surface area contributed by atoms with E-state index in [9.17, 15) is 0 Å². The zero-order valence-electron chi connectivity index (χ0n) is 11.0. The lowest BCUT2D eigenvalue weighted by molar-refractivity contribution is 0.184. The molecule has 4 heteroatoms. The number of hydrogen-bond donors (Lipinski definition) is 2. The van der Waals surface area contributed by atoms with Gasteiger partial charge >= 0.3 is 0 Å². The van der Waals surface area contributed by atoms with Crippen LogP contribution in [0.5, 0.6) is 0 Å². The average molecular weight is 246 g/mol. The Morgan fingerprint density at radius 2 is 2.17 bits per heavy atom. The maximum atomic E-state index is 7.56. The number of nitrogens with zero attached hydrogens (tertiary/aromatic N) is 2. The van der Waals surface area contributed by atoms with E-state index >= 15 is 0 Å². The largest absolute Gasteiger partial charge is 0.382 e. The van der Waals surface area contributed by atoms with Crippen LogP contribution in [0, 0.1) is 5.41 Å². The predicted octanol–water partition coefficient (Wildman–Crippen LogP) is 2.13. The van der Waals surface area contributed by atoms with Crippen molar-refractivity contribution in [2.45, 2.75) is 44.7 Å². The summed E-state index contributed by atoms with van der Waals surface area (Å²) in [6, 6.07) is 4.60. The third kappa shape index (κ3) is 3.07. The molecular weight excluding hydrogens is 224 g/mol. The van der Waals surface area contributed by atoms with Crippen molar-refractivity contribution in [3.63, 3.8) is 0 Å². The van der Waals surface area contributed by atoms with Crippen LogP contribution in [-0.4, -0.2) is 28.8 Å². The standard InChI is InChI=1S/C14H22N4/c1-18(12-7-3-2-4-8-12)10-11-6-5-9-17-13(11)14(15)16/h5-6,9,12H,2-4,7-8,10H2,1H3,(H3,15,16). The highest BCUT2D eigenvalue weighted by atomic mass is 15.1. The van der Waals surface area contributed by atoms with Crippen LogP contribution < -0.4 is 5.73 Å². The Hall–Kier alpha value is -1.42. The Morgan fingerprint density at radius 1 is 1.44 bits per heavy atom. The Morgan fingerprint density at radius 3 is 2.83 bits per heavy atom. The summed E-state index contributed by atoms with van der Waals surface area (Å²) >= 11 is 0. The Labute approximate surface area is 109 Å². The molecule has 18 heavy (non-hydrogen) atoms. The van der Waals surface area contributed by atoms with Crippen molar-refractivity contribution in [2.24, 2.45) is 5.73 Å². The number of nitrogens with two attached hydrogens (primary N) is 1. The fraction of sp³-hybridized carbons (Fsp3) is 0.571. The second-order valence-electron chi connectivity index (χ2n) is 5.13. The van der Waals surface area contributed by atoms with Crippen LogP contribution in [0.4, 0.5) is 0 Å². The fourth-order valence-electron chi connectivity index (χ4n) is 2.73. The maximum Gasteiger partial charge on any atom is 0.142 e. The molecule has 98 valence electrons. The Bertz CT molecular complexity index is 410. The third-order valence-electron chi connectivity index (χ3n) is 3.76. The summed E-state index contributed by atoms with van der Waals surface area (Å²) in [6.07, 6.45) is 8.30. The molecule has 0 aromatic carbocycles. The number of nitrogen functional groups attached to an aromatic ring is 1. The molecule has 1 aromatic heterocycles. The highest BCUT2D eigenvalue weighted by Crippen LogP contribution is 2.23. The number of aromatic nitrogens is 1. The van der Waals surface area contributed by atoms with E-state index in [-0.39, 0.29) is 5.84 Å². The summed E-state index contributed by atoms with van der Waals surface area (Å²) in [7, 11) is 2.16. The molecule has 0 saturated heterocycles. The molecule has 0 unspecified atom stereocenters. The normalized spacial score (nSPS) is 17.0. The minimum absolute atomic E-state index is 0.0580. The van der Waals surface area contributed by atoms with Crippen LogP contribution >= 0.6 is 0 Å². The molecule has 1 aromatic rings. The molecule has 0 spiro atoms. The zero-order chi connectivity index (χ0) is 13.0. The topological polar surface area (TPSA) is 66.0 Å². The molecule has 0 bridgehead atoms. The monoisotopic (exact) mass is 246 g/mol. The zero-order valence-corrected chi connectivity index (χ0v) is 11.0. The molecule has 2 rings (SSSR count). The molecule has 4 nitrogen and oxygen atoms in total. The molecule has 1 aliphatic rings. The van der Waals surface area contributed by atoms with Gasteiger partial charge in [-0.15, -0.1) is 0 Å². The number of amidine groups is 1. The molecule has 0 atom stereocenters. The van der Waals surface area contributed by atoms with Crippen molar-refractivity contribution >= 4 is 5.84 Å². The van der Waals surface area contributed by atoms with Gasteiger partial charge < -0.3 is 5.73 Å². The molecule has 0 radical (unpaired) electrons. The summed E-state index contributed by atoms with van der Waals surface area (Å²) in [6.45, 7) is 0.827. The summed E-state index contributed by atoms with van der Waals surface area (Å²) in [5.74, 6) is 0.0580. The van der Waals surface area contributed by atoms with E-state index in [1.807, 2.05) is 12.1 Å². The van der Waals surface area contributed by atoms with Crippen LogP contribution in [0.15, 0.2) is 18.3 Å². The maximum absolute atomic E-state index is 7.56. The minimum atomic E-state index is 0.0580. The summed E-state index contributed by atoms with van der Waals surface area (Å²) in [4.78, 5) is 6.58. The van der Waals surface area contributed by atoms with Gasteiger partial charge in [0.1, 0.15) is 11.5 Å². The lowest BCUT2D eigenvalue weighted by Gasteiger charge is -2.31. The van der Waals surface area contributed by atoms with Crippen LogP contribution in [0.3, 0.4) is 0 Å². The first-order chi connectivity index (χ1) is 8.68. The Kier molecular flexibility index (Phi) is 4.31. The fourth-order valence-corrected chi connectivity index (χ4v) is 2.73. The van der Waals surface area contributed by atoms with E-state index in [2.05, 4.69) is 16.9 Å². The van der Waals surface area contributed by atoms with Gasteiger partial charge in [0.25, 0.3) is 0 Å². The first kappa shape index (κ1) is 13.0. The van der Waals surface area contributed by atoms with E-state index in [0.29, 0.717) is 11.7 Å². The molecule has 3 N–H and O–H groups in total. The lowest BCUT2D eigenvalue weighted by Crippen LogP contribution is -2.33. The summed E-state index contributed by atoms with van der Waals surface area (Å²) in [5, 5.41) is 7.56. The molecule has 1 fully saturated rings. The molecule has 0 aliphatic heterocycles. The quantitative estimate of drug-likeness (QED) is 0.632. The van der Waals surface area contributed by atoms with Gasteiger partial charge in [0.2, 0.25) is 0 Å². The molecule has 0 amide bonds. The van der Waals surface area contributed by atoms with Gasteiger partial charge in [-0.1, -0.05) is 25.3 Å². The first-order valence-corrected chi connectivity index (χ1v) is 6.67. The minimum Gasteiger partial charge on any atom is -0.382 e. The Balaban J connectivity index is 2.06. The van der Waals surface area contributed by atoms with E-state index < -0.39 is 0 Å². The van der Waals surface area contributed by atoms with Gasteiger partial charge in [0, 0.05) is 18.8 Å². The van der Waals surface area contributed by atoms with Gasteiger partial charge in [0.15, 0.2) is 0 Å². The SMILES string of the molecule is CN(Cc1cccnc1C(=N)N)C1CCCCC1. The average Bonchev–Trinajstić information content (AvgIpc) is 2.40. The van der Waals surface area contributed by atoms with Crippen molar-refractivity contribution in [2.75, 3.05) is 7.05 Å². The second-order valence-corrected chi connectivity index (χ2v) is 5.13. The van der Waals surface area contributed by atoms with E-state index in [1.165, 1.54) is 32.1 Å². The van der Waals surface area contributed by atoms with Crippen molar-refractivity contribution in [3.05, 3.63) is 29.6 Å². The molecule has 1 saturated carbocycles. The number of hydrogen-bond acceptors (Lipinski definition) is 3. The predicted molar refractivity (Wildman–Crippen MR) is 73.6 cm³/mol. The van der Waals surface area contributed by atoms with Crippen molar-refractivity contribution in [1.82, 2.24) is 9.88 Å². The summed E-state index contributed by atoms with van der Waals surface area (Å²) in [5.41, 5.74) is 7.25. The van der Waals surface area contributed by atoms with Gasteiger partial charge in [-0.3, -0.25) is 15.3 Å². The third-order valence-corrected chi connectivity index (χ3v) is 3.76. The smallest absolute Gasteiger partial charge is 0.142 e. The van der Waals surface area contributed by atoms with Crippen LogP contribution in [-0.2, 0) is 6.54 Å². The number of nitrogens with one attached hydrogen (secondary N) is 1. The molecule has 1 heterocycles. The van der Waals surface area contributed by atoms with E-state index in [1.54, 1.807) is 6.20 Å². The second kappa shape index (κ2) is 5.96. The van der Waals surface area contributed by atoms with Gasteiger partial charge in [0.05, 0.1) is 0 Å².